The van der Waals surface area contributed by atoms with Crippen LogP contribution in [0.25, 0.3) is 0 Å². The summed E-state index contributed by atoms with van der Waals surface area (Å²) >= 11 is 3.77. The molecule has 1 spiro atoms. The van der Waals surface area contributed by atoms with E-state index in [4.69, 9.17) is 9.47 Å². The summed E-state index contributed by atoms with van der Waals surface area (Å²) < 4.78 is 11.5. The first-order valence-corrected chi connectivity index (χ1v) is 12.0. The van der Waals surface area contributed by atoms with Crippen molar-refractivity contribution >= 4 is 35.5 Å². The van der Waals surface area contributed by atoms with Gasteiger partial charge in [0.1, 0.15) is 6.61 Å². The van der Waals surface area contributed by atoms with Crippen molar-refractivity contribution in [3.8, 4) is 0 Å². The molecule has 3 fully saturated rings. The highest BCUT2D eigenvalue weighted by Gasteiger charge is 2.47. The number of rotatable bonds is 4. The Balaban J connectivity index is 1.41. The second kappa shape index (κ2) is 8.67. The van der Waals surface area contributed by atoms with Gasteiger partial charge in [0.15, 0.2) is 4.27 Å². The predicted octanol–water partition coefficient (Wildman–Crippen LogP) is 4.31. The Morgan fingerprint density at radius 1 is 1.21 bits per heavy atom. The zero-order chi connectivity index (χ0) is 19.6. The van der Waals surface area contributed by atoms with Gasteiger partial charge in [-0.05, 0) is 42.8 Å². The van der Waals surface area contributed by atoms with Crippen LogP contribution in [0.2, 0.25) is 0 Å². The molecule has 0 unspecified atom stereocenters. The molecule has 3 atom stereocenters. The minimum absolute atomic E-state index is 0.132. The molecule has 3 aliphatic rings. The topological polar surface area (TPSA) is 55.8 Å². The maximum Gasteiger partial charge on any atom is 0.416 e. The number of carbonyl (C=O) groups is 2. The highest BCUT2D eigenvalue weighted by atomic mass is 32.2. The Morgan fingerprint density at radius 3 is 2.71 bits per heavy atom. The van der Waals surface area contributed by atoms with E-state index < -0.39 is 6.09 Å². The molecular formula is C21H27NO4S2. The van der Waals surface area contributed by atoms with Gasteiger partial charge in [0.2, 0.25) is 5.91 Å². The molecule has 0 aromatic heterocycles. The Hall–Kier alpha value is -1.18. The van der Waals surface area contributed by atoms with Crippen molar-refractivity contribution in [1.82, 2.24) is 4.90 Å². The zero-order valence-corrected chi connectivity index (χ0v) is 17.8. The van der Waals surface area contributed by atoms with Gasteiger partial charge >= 0.3 is 6.09 Å². The maximum atomic E-state index is 13.0. The molecule has 0 aliphatic carbocycles. The van der Waals surface area contributed by atoms with E-state index in [0.717, 1.165) is 29.9 Å². The fourth-order valence-electron chi connectivity index (χ4n) is 4.14. The van der Waals surface area contributed by atoms with Crippen LogP contribution in [0.3, 0.4) is 0 Å². The lowest BCUT2D eigenvalue weighted by atomic mass is 9.97. The van der Waals surface area contributed by atoms with Crippen molar-refractivity contribution in [2.24, 2.45) is 5.92 Å². The van der Waals surface area contributed by atoms with E-state index in [0.29, 0.717) is 12.3 Å². The number of ether oxygens (including phenoxy) is 2. The summed E-state index contributed by atoms with van der Waals surface area (Å²) in [7, 11) is 0. The lowest BCUT2D eigenvalue weighted by Crippen LogP contribution is -2.47. The fourth-order valence-corrected chi connectivity index (χ4v) is 7.52. The molecule has 152 valence electrons. The molecule has 28 heavy (non-hydrogen) atoms. The van der Waals surface area contributed by atoms with Crippen LogP contribution in [0.1, 0.15) is 38.2 Å². The van der Waals surface area contributed by atoms with E-state index in [1.807, 2.05) is 53.9 Å². The third kappa shape index (κ3) is 4.21. The summed E-state index contributed by atoms with van der Waals surface area (Å²) in [6, 6.07) is 9.68. The molecule has 1 aromatic rings. The largest absolute Gasteiger partial charge is 0.447 e. The van der Waals surface area contributed by atoms with Gasteiger partial charge in [-0.1, -0.05) is 37.3 Å². The summed E-state index contributed by atoms with van der Waals surface area (Å²) in [5, 5.41) is 0. The van der Waals surface area contributed by atoms with Crippen LogP contribution in [0.5, 0.6) is 0 Å². The highest BCUT2D eigenvalue weighted by molar-refractivity contribution is 8.18. The predicted molar refractivity (Wildman–Crippen MR) is 112 cm³/mol. The van der Waals surface area contributed by atoms with Crippen LogP contribution in [0.15, 0.2) is 30.3 Å². The standard InChI is InChI=1S/C21H27NO4S2/c1-15-8-9-18(26-21(15)27-10-5-11-28-21)13-19(23)22-17(14-25-20(22)24)12-16-6-3-2-4-7-16/h2-4,6-7,15,17-18H,5,8-14H2,1H3/t15-,17-,18+/m1/s1. The van der Waals surface area contributed by atoms with Gasteiger partial charge in [-0.2, -0.15) is 0 Å². The van der Waals surface area contributed by atoms with Crippen molar-refractivity contribution in [3.63, 3.8) is 0 Å². The van der Waals surface area contributed by atoms with Crippen molar-refractivity contribution in [2.45, 2.75) is 55.4 Å². The molecule has 2 amide bonds. The van der Waals surface area contributed by atoms with Crippen LogP contribution in [-0.4, -0.2) is 51.4 Å². The molecule has 1 aromatic carbocycles. The molecule has 0 saturated carbocycles. The van der Waals surface area contributed by atoms with Crippen molar-refractivity contribution in [1.29, 1.82) is 0 Å². The van der Waals surface area contributed by atoms with E-state index in [1.54, 1.807) is 0 Å². The van der Waals surface area contributed by atoms with Crippen LogP contribution in [-0.2, 0) is 20.7 Å². The van der Waals surface area contributed by atoms with Gasteiger partial charge in [0.25, 0.3) is 0 Å². The van der Waals surface area contributed by atoms with Gasteiger partial charge in [0.05, 0.1) is 18.6 Å². The third-order valence-electron chi connectivity index (χ3n) is 5.70. The molecular weight excluding hydrogens is 394 g/mol. The van der Waals surface area contributed by atoms with E-state index in [9.17, 15) is 9.59 Å². The molecule has 0 bridgehead atoms. The summed E-state index contributed by atoms with van der Waals surface area (Å²) in [4.78, 5) is 26.6. The first-order chi connectivity index (χ1) is 13.6. The zero-order valence-electron chi connectivity index (χ0n) is 16.2. The first kappa shape index (κ1) is 20.1. The lowest BCUT2D eigenvalue weighted by Gasteiger charge is -2.46. The van der Waals surface area contributed by atoms with Gasteiger partial charge in [0, 0.05) is 5.92 Å². The summed E-state index contributed by atoms with van der Waals surface area (Å²) in [5.41, 5.74) is 1.10. The van der Waals surface area contributed by atoms with Crippen LogP contribution < -0.4 is 0 Å². The Morgan fingerprint density at radius 2 is 1.96 bits per heavy atom. The number of hydrogen-bond donors (Lipinski definition) is 0. The lowest BCUT2D eigenvalue weighted by molar-refractivity contribution is -0.135. The van der Waals surface area contributed by atoms with E-state index in [1.165, 1.54) is 11.3 Å². The second-order valence-corrected chi connectivity index (χ2v) is 10.6. The fraction of sp³-hybridized carbons (Fsp3) is 0.619. The van der Waals surface area contributed by atoms with E-state index in [-0.39, 0.29) is 35.3 Å². The van der Waals surface area contributed by atoms with Gasteiger partial charge < -0.3 is 9.47 Å². The van der Waals surface area contributed by atoms with Gasteiger partial charge in [-0.25, -0.2) is 9.69 Å². The van der Waals surface area contributed by atoms with E-state index >= 15 is 0 Å². The number of amides is 2. The number of nitrogens with zero attached hydrogens (tertiary/aromatic N) is 1. The number of carbonyl (C=O) groups excluding carboxylic acids is 2. The summed E-state index contributed by atoms with van der Waals surface area (Å²) in [6.45, 7) is 2.51. The molecule has 7 heteroatoms. The molecule has 3 saturated heterocycles. The van der Waals surface area contributed by atoms with Crippen molar-refractivity contribution in [2.75, 3.05) is 18.1 Å². The van der Waals surface area contributed by atoms with Crippen LogP contribution >= 0.6 is 23.5 Å². The molecule has 0 N–H and O–H groups in total. The molecule has 4 rings (SSSR count). The average Bonchev–Trinajstić information content (AvgIpc) is 3.06. The SMILES string of the molecule is C[C@@H]1CC[C@@H](CC(=O)N2C(=O)OC[C@H]2Cc2ccccc2)OC12SCCCS2. The quantitative estimate of drug-likeness (QED) is 0.722. The van der Waals surface area contributed by atoms with Crippen molar-refractivity contribution in [3.05, 3.63) is 35.9 Å². The Kier molecular flexibility index (Phi) is 6.23. The maximum absolute atomic E-state index is 13.0. The first-order valence-electron chi connectivity index (χ1n) is 10.1. The second-order valence-electron chi connectivity index (χ2n) is 7.76. The number of benzene rings is 1. The molecule has 0 radical (unpaired) electrons. The normalized spacial score (nSPS) is 29.7. The molecule has 5 nitrogen and oxygen atoms in total. The summed E-state index contributed by atoms with van der Waals surface area (Å²) in [5.74, 6) is 2.51. The Bertz CT molecular complexity index is 708. The minimum Gasteiger partial charge on any atom is -0.447 e. The Labute approximate surface area is 174 Å². The number of hydrogen-bond acceptors (Lipinski definition) is 6. The van der Waals surface area contributed by atoms with Gasteiger partial charge in [-0.3, -0.25) is 4.79 Å². The molecule has 3 aliphatic heterocycles. The number of imide groups is 1. The van der Waals surface area contributed by atoms with Crippen LogP contribution in [0, 0.1) is 5.92 Å². The molecule has 3 heterocycles. The highest BCUT2D eigenvalue weighted by Crippen LogP contribution is 2.53. The smallest absolute Gasteiger partial charge is 0.416 e. The minimum atomic E-state index is -0.522. The van der Waals surface area contributed by atoms with Crippen molar-refractivity contribution < 1.29 is 19.1 Å². The average molecular weight is 422 g/mol. The van der Waals surface area contributed by atoms with Crippen LogP contribution in [0.4, 0.5) is 4.79 Å². The monoisotopic (exact) mass is 421 g/mol. The van der Waals surface area contributed by atoms with E-state index in [2.05, 4.69) is 6.92 Å². The summed E-state index contributed by atoms with van der Waals surface area (Å²) in [6.07, 6.45) is 3.33. The third-order valence-corrected chi connectivity index (χ3v) is 9.19. The number of thioether (sulfide) groups is 2. The number of cyclic esters (lactones) is 1. The van der Waals surface area contributed by atoms with Gasteiger partial charge in [-0.15, -0.1) is 23.5 Å².